The standard InChI is InChI=1S/C9H14O6/c1-9(2)14-6-5(4(11)3-10)13-8(12)7(6)15-9/h4-7,10-11H,3H2,1-2H3. The van der Waals surface area contributed by atoms with Crippen LogP contribution in [0.1, 0.15) is 13.8 Å². The molecule has 2 aliphatic heterocycles. The molecular formula is C9H14O6. The van der Waals surface area contributed by atoms with Gasteiger partial charge in [-0.05, 0) is 13.8 Å². The number of esters is 1. The van der Waals surface area contributed by atoms with Crippen molar-refractivity contribution in [3.05, 3.63) is 0 Å². The average Bonchev–Trinajstić information content (AvgIpc) is 2.61. The Bertz CT molecular complexity index is 276. The number of carbonyl (C=O) groups is 1. The van der Waals surface area contributed by atoms with Gasteiger partial charge < -0.3 is 24.4 Å². The van der Waals surface area contributed by atoms with Crippen LogP contribution in [0.2, 0.25) is 0 Å². The van der Waals surface area contributed by atoms with Gasteiger partial charge in [0.05, 0.1) is 6.61 Å². The number of rotatable bonds is 2. The van der Waals surface area contributed by atoms with E-state index in [0.717, 1.165) is 0 Å². The number of hydrogen-bond acceptors (Lipinski definition) is 6. The van der Waals surface area contributed by atoms with Gasteiger partial charge in [0.15, 0.2) is 18.0 Å². The van der Waals surface area contributed by atoms with Gasteiger partial charge in [-0.25, -0.2) is 4.79 Å². The van der Waals surface area contributed by atoms with Crippen molar-refractivity contribution in [2.45, 2.75) is 44.1 Å². The van der Waals surface area contributed by atoms with Crippen molar-refractivity contribution in [3.8, 4) is 0 Å². The third kappa shape index (κ3) is 1.74. The number of fused-ring (bicyclic) bond motifs is 1. The SMILES string of the molecule is CC1(C)OC2C(=O)OC(C(O)CO)C2O1. The van der Waals surface area contributed by atoms with Gasteiger partial charge in [0.2, 0.25) is 0 Å². The summed E-state index contributed by atoms with van der Waals surface area (Å²) in [5.41, 5.74) is 0. The van der Waals surface area contributed by atoms with E-state index in [0.29, 0.717) is 0 Å². The van der Waals surface area contributed by atoms with Gasteiger partial charge in [0.1, 0.15) is 12.2 Å². The molecule has 0 radical (unpaired) electrons. The maximum atomic E-state index is 11.4. The summed E-state index contributed by atoms with van der Waals surface area (Å²) >= 11 is 0. The van der Waals surface area contributed by atoms with Crippen LogP contribution < -0.4 is 0 Å². The Kier molecular flexibility index (Phi) is 2.46. The highest BCUT2D eigenvalue weighted by atomic mass is 16.8. The first-order chi connectivity index (χ1) is 6.94. The third-order valence-corrected chi connectivity index (χ3v) is 2.50. The molecule has 0 saturated carbocycles. The van der Waals surface area contributed by atoms with Gasteiger partial charge in [-0.2, -0.15) is 0 Å². The summed E-state index contributed by atoms with van der Waals surface area (Å²) in [6, 6.07) is 0. The van der Waals surface area contributed by atoms with Crippen LogP contribution in [-0.2, 0) is 19.0 Å². The Labute approximate surface area is 86.7 Å². The lowest BCUT2D eigenvalue weighted by molar-refractivity contribution is -0.195. The first-order valence-electron chi connectivity index (χ1n) is 4.79. The first kappa shape index (κ1) is 10.8. The fraction of sp³-hybridized carbons (Fsp3) is 0.889. The molecule has 2 fully saturated rings. The molecule has 2 aliphatic rings. The second-order valence-corrected chi connectivity index (χ2v) is 4.17. The van der Waals surface area contributed by atoms with Crippen LogP contribution in [0.25, 0.3) is 0 Å². The molecule has 2 N–H and O–H groups in total. The largest absolute Gasteiger partial charge is 0.455 e. The fourth-order valence-corrected chi connectivity index (χ4v) is 1.88. The number of ether oxygens (including phenoxy) is 3. The Hall–Kier alpha value is -0.690. The Morgan fingerprint density at radius 3 is 2.73 bits per heavy atom. The van der Waals surface area contributed by atoms with Gasteiger partial charge in [0.25, 0.3) is 0 Å². The molecule has 2 heterocycles. The van der Waals surface area contributed by atoms with Gasteiger partial charge in [-0.1, -0.05) is 0 Å². The summed E-state index contributed by atoms with van der Waals surface area (Å²) in [7, 11) is 0. The number of carbonyl (C=O) groups excluding carboxylic acids is 1. The van der Waals surface area contributed by atoms with E-state index in [9.17, 15) is 9.90 Å². The van der Waals surface area contributed by atoms with E-state index in [1.165, 1.54) is 0 Å². The van der Waals surface area contributed by atoms with E-state index >= 15 is 0 Å². The van der Waals surface area contributed by atoms with Crippen molar-refractivity contribution in [3.63, 3.8) is 0 Å². The molecule has 0 amide bonds. The minimum atomic E-state index is -1.14. The minimum absolute atomic E-state index is 0.481. The lowest BCUT2D eigenvalue weighted by Crippen LogP contribution is -2.40. The van der Waals surface area contributed by atoms with Crippen LogP contribution in [0.3, 0.4) is 0 Å². The molecule has 0 aromatic carbocycles. The molecule has 0 aromatic heterocycles. The first-order valence-corrected chi connectivity index (χ1v) is 4.79. The Morgan fingerprint density at radius 1 is 1.47 bits per heavy atom. The van der Waals surface area contributed by atoms with Crippen molar-refractivity contribution in [2.24, 2.45) is 0 Å². The van der Waals surface area contributed by atoms with Gasteiger partial charge in [-0.15, -0.1) is 0 Å². The molecular weight excluding hydrogens is 204 g/mol. The smallest absolute Gasteiger partial charge is 0.338 e. The highest BCUT2D eigenvalue weighted by Gasteiger charge is 2.57. The van der Waals surface area contributed by atoms with E-state index in [4.69, 9.17) is 19.3 Å². The van der Waals surface area contributed by atoms with Gasteiger partial charge >= 0.3 is 5.97 Å². The normalized spacial score (nSPS) is 40.0. The molecule has 0 aliphatic carbocycles. The highest BCUT2D eigenvalue weighted by Crippen LogP contribution is 2.36. The van der Waals surface area contributed by atoms with E-state index < -0.39 is 42.8 Å². The molecule has 4 unspecified atom stereocenters. The van der Waals surface area contributed by atoms with Crippen LogP contribution in [0, 0.1) is 0 Å². The fourth-order valence-electron chi connectivity index (χ4n) is 1.88. The van der Waals surface area contributed by atoms with Gasteiger partial charge in [-0.3, -0.25) is 0 Å². The van der Waals surface area contributed by atoms with Crippen molar-refractivity contribution < 1.29 is 29.2 Å². The zero-order chi connectivity index (χ0) is 11.2. The second-order valence-electron chi connectivity index (χ2n) is 4.17. The summed E-state index contributed by atoms with van der Waals surface area (Å²) in [6.45, 7) is 2.88. The minimum Gasteiger partial charge on any atom is -0.455 e. The molecule has 15 heavy (non-hydrogen) atoms. The summed E-state index contributed by atoms with van der Waals surface area (Å²) in [4.78, 5) is 11.4. The third-order valence-electron chi connectivity index (χ3n) is 2.50. The molecule has 6 heteroatoms. The molecule has 2 rings (SSSR count). The summed E-state index contributed by atoms with van der Waals surface area (Å²) < 4.78 is 15.6. The Morgan fingerprint density at radius 2 is 2.13 bits per heavy atom. The van der Waals surface area contributed by atoms with Crippen molar-refractivity contribution in [1.29, 1.82) is 0 Å². The topological polar surface area (TPSA) is 85.2 Å². The average molecular weight is 218 g/mol. The zero-order valence-corrected chi connectivity index (χ0v) is 8.54. The lowest BCUT2D eigenvalue weighted by atomic mass is 10.1. The van der Waals surface area contributed by atoms with Crippen molar-refractivity contribution in [2.75, 3.05) is 6.61 Å². The van der Waals surface area contributed by atoms with Crippen LogP contribution >= 0.6 is 0 Å². The summed E-state index contributed by atoms with van der Waals surface area (Å²) in [6.07, 6.45) is -3.43. The van der Waals surface area contributed by atoms with Crippen LogP contribution in [0.4, 0.5) is 0 Å². The summed E-state index contributed by atoms with van der Waals surface area (Å²) in [5, 5.41) is 18.2. The van der Waals surface area contributed by atoms with Crippen LogP contribution in [0.5, 0.6) is 0 Å². The maximum absolute atomic E-state index is 11.4. The van der Waals surface area contributed by atoms with E-state index in [-0.39, 0.29) is 0 Å². The second kappa shape index (κ2) is 3.41. The van der Waals surface area contributed by atoms with E-state index in [2.05, 4.69) is 0 Å². The van der Waals surface area contributed by atoms with Crippen LogP contribution in [0.15, 0.2) is 0 Å². The number of aliphatic hydroxyl groups excluding tert-OH is 2. The lowest BCUT2D eigenvalue weighted by Gasteiger charge is -2.23. The molecule has 4 atom stereocenters. The molecule has 2 saturated heterocycles. The highest BCUT2D eigenvalue weighted by molar-refractivity contribution is 5.78. The molecule has 6 nitrogen and oxygen atoms in total. The molecule has 86 valence electrons. The predicted molar refractivity (Wildman–Crippen MR) is 46.8 cm³/mol. The number of hydrogen-bond donors (Lipinski definition) is 2. The quantitative estimate of drug-likeness (QED) is 0.565. The molecule has 0 aromatic rings. The monoisotopic (exact) mass is 218 g/mol. The predicted octanol–water partition coefficient (Wildman–Crippen LogP) is -1.21. The zero-order valence-electron chi connectivity index (χ0n) is 8.54. The van der Waals surface area contributed by atoms with Crippen molar-refractivity contribution in [1.82, 2.24) is 0 Å². The summed E-state index contributed by atoms with van der Waals surface area (Å²) in [5.74, 6) is -1.41. The number of aliphatic hydroxyl groups is 2. The maximum Gasteiger partial charge on any atom is 0.338 e. The number of cyclic esters (lactones) is 1. The van der Waals surface area contributed by atoms with Crippen molar-refractivity contribution >= 4 is 5.97 Å². The Balaban J connectivity index is 2.16. The van der Waals surface area contributed by atoms with Crippen LogP contribution in [-0.4, -0.2) is 53.0 Å². The van der Waals surface area contributed by atoms with Gasteiger partial charge in [0, 0.05) is 0 Å². The molecule has 0 spiro atoms. The van der Waals surface area contributed by atoms with E-state index in [1.54, 1.807) is 13.8 Å². The van der Waals surface area contributed by atoms with E-state index in [1.807, 2.05) is 0 Å². The molecule has 0 bridgehead atoms.